The molecule has 0 atom stereocenters. The standard InChI is InChI=1S/C20H26N2O3/c1-15(5-4-6-20(24)25)13-19(23)22-12-9-16-7-8-17(14-18(16)22)21-10-2-3-11-21/h7-8,13-14H,2-6,9-12H2,1H3,(H,24,25)/b15-13+. The van der Waals surface area contributed by atoms with E-state index >= 15 is 0 Å². The van der Waals surface area contributed by atoms with Gasteiger partial charge in [0.2, 0.25) is 0 Å². The lowest BCUT2D eigenvalue weighted by atomic mass is 10.1. The first kappa shape index (κ1) is 17.5. The zero-order valence-electron chi connectivity index (χ0n) is 14.8. The van der Waals surface area contributed by atoms with E-state index in [9.17, 15) is 9.59 Å². The number of hydrogen-bond donors (Lipinski definition) is 1. The summed E-state index contributed by atoms with van der Waals surface area (Å²) in [6, 6.07) is 6.48. The number of fused-ring (bicyclic) bond motifs is 1. The highest BCUT2D eigenvalue weighted by Crippen LogP contribution is 2.33. The van der Waals surface area contributed by atoms with Crippen molar-refractivity contribution in [2.24, 2.45) is 0 Å². The number of carbonyl (C=O) groups is 2. The van der Waals surface area contributed by atoms with Crippen molar-refractivity contribution >= 4 is 23.3 Å². The second-order valence-corrected chi connectivity index (χ2v) is 6.99. The summed E-state index contributed by atoms with van der Waals surface area (Å²) in [5.74, 6) is -0.785. The van der Waals surface area contributed by atoms with E-state index in [4.69, 9.17) is 5.11 Å². The number of aliphatic carboxylic acids is 1. The third kappa shape index (κ3) is 4.21. The van der Waals surface area contributed by atoms with E-state index in [1.165, 1.54) is 24.1 Å². The Morgan fingerprint density at radius 3 is 2.64 bits per heavy atom. The van der Waals surface area contributed by atoms with Gasteiger partial charge in [-0.05, 0) is 56.7 Å². The smallest absolute Gasteiger partial charge is 0.303 e. The third-order valence-corrected chi connectivity index (χ3v) is 5.03. The molecule has 0 radical (unpaired) electrons. The van der Waals surface area contributed by atoms with Crippen LogP contribution in [0.25, 0.3) is 0 Å². The number of allylic oxidation sites excluding steroid dienone is 1. The van der Waals surface area contributed by atoms with Crippen LogP contribution in [0.2, 0.25) is 0 Å². The maximum Gasteiger partial charge on any atom is 0.303 e. The van der Waals surface area contributed by atoms with Crippen LogP contribution < -0.4 is 9.80 Å². The number of anilines is 2. The monoisotopic (exact) mass is 342 g/mol. The molecule has 5 nitrogen and oxygen atoms in total. The Kier molecular flexibility index (Phi) is 5.41. The minimum atomic E-state index is -0.790. The van der Waals surface area contributed by atoms with Crippen molar-refractivity contribution in [3.05, 3.63) is 35.4 Å². The molecule has 0 saturated carbocycles. The summed E-state index contributed by atoms with van der Waals surface area (Å²) in [5, 5.41) is 8.71. The van der Waals surface area contributed by atoms with Crippen LogP contribution in [0.15, 0.2) is 29.8 Å². The molecule has 0 unspecified atom stereocenters. The number of nitrogens with zero attached hydrogens (tertiary/aromatic N) is 2. The molecule has 1 aromatic carbocycles. The van der Waals surface area contributed by atoms with Gasteiger partial charge in [0, 0.05) is 43.5 Å². The molecular weight excluding hydrogens is 316 g/mol. The number of carboxylic acid groups (broad SMARTS) is 1. The third-order valence-electron chi connectivity index (χ3n) is 5.03. The van der Waals surface area contributed by atoms with Gasteiger partial charge in [0.05, 0.1) is 0 Å². The fraction of sp³-hybridized carbons (Fsp3) is 0.500. The van der Waals surface area contributed by atoms with Crippen LogP contribution in [0.5, 0.6) is 0 Å². The van der Waals surface area contributed by atoms with E-state index in [0.717, 1.165) is 37.3 Å². The molecular formula is C20H26N2O3. The summed E-state index contributed by atoms with van der Waals surface area (Å²) in [7, 11) is 0. The molecule has 1 aromatic rings. The minimum Gasteiger partial charge on any atom is -0.481 e. The highest BCUT2D eigenvalue weighted by molar-refractivity contribution is 6.03. The van der Waals surface area contributed by atoms with E-state index in [1.54, 1.807) is 6.08 Å². The van der Waals surface area contributed by atoms with Crippen molar-refractivity contribution in [1.82, 2.24) is 0 Å². The zero-order chi connectivity index (χ0) is 17.8. The molecule has 5 heteroatoms. The summed E-state index contributed by atoms with van der Waals surface area (Å²) < 4.78 is 0. The van der Waals surface area contributed by atoms with Crippen LogP contribution in [0.1, 0.15) is 44.6 Å². The first-order valence-electron chi connectivity index (χ1n) is 9.13. The van der Waals surface area contributed by atoms with E-state index in [2.05, 4.69) is 23.1 Å². The molecule has 0 aliphatic carbocycles. The van der Waals surface area contributed by atoms with Crippen LogP contribution in [0.4, 0.5) is 11.4 Å². The largest absolute Gasteiger partial charge is 0.481 e. The van der Waals surface area contributed by atoms with Gasteiger partial charge in [-0.1, -0.05) is 11.6 Å². The molecule has 1 amide bonds. The SMILES string of the molecule is C/C(=C\C(=O)N1CCc2ccc(N3CCCC3)cc21)CCCC(=O)O. The molecule has 2 aliphatic rings. The van der Waals surface area contributed by atoms with Gasteiger partial charge in [0.15, 0.2) is 0 Å². The molecule has 1 fully saturated rings. The Morgan fingerprint density at radius 1 is 1.16 bits per heavy atom. The van der Waals surface area contributed by atoms with E-state index in [-0.39, 0.29) is 12.3 Å². The predicted molar refractivity (Wildman–Crippen MR) is 99.2 cm³/mol. The Morgan fingerprint density at radius 2 is 1.92 bits per heavy atom. The normalized spacial score (nSPS) is 17.1. The van der Waals surface area contributed by atoms with Crippen LogP contribution >= 0.6 is 0 Å². The van der Waals surface area contributed by atoms with Crippen molar-refractivity contribution in [2.75, 3.05) is 29.4 Å². The molecule has 25 heavy (non-hydrogen) atoms. The topological polar surface area (TPSA) is 60.9 Å². The number of carbonyl (C=O) groups excluding carboxylic acids is 1. The maximum absolute atomic E-state index is 12.7. The molecule has 3 rings (SSSR count). The molecule has 134 valence electrons. The van der Waals surface area contributed by atoms with Crippen LogP contribution in [0.3, 0.4) is 0 Å². The van der Waals surface area contributed by atoms with Crippen LogP contribution in [-0.4, -0.2) is 36.6 Å². The van der Waals surface area contributed by atoms with Gasteiger partial charge in [0.1, 0.15) is 0 Å². The second-order valence-electron chi connectivity index (χ2n) is 6.99. The lowest BCUT2D eigenvalue weighted by molar-refractivity contribution is -0.137. The minimum absolute atomic E-state index is 0.00477. The average molecular weight is 342 g/mol. The molecule has 2 aliphatic heterocycles. The summed E-state index contributed by atoms with van der Waals surface area (Å²) in [5.41, 5.74) is 4.41. The summed E-state index contributed by atoms with van der Waals surface area (Å²) >= 11 is 0. The van der Waals surface area contributed by atoms with Gasteiger partial charge < -0.3 is 14.9 Å². The van der Waals surface area contributed by atoms with E-state index < -0.39 is 5.97 Å². The number of amides is 1. The first-order chi connectivity index (χ1) is 12.0. The molecule has 1 N–H and O–H groups in total. The maximum atomic E-state index is 12.7. The summed E-state index contributed by atoms with van der Waals surface area (Å²) in [6.45, 7) is 4.80. The van der Waals surface area contributed by atoms with Gasteiger partial charge in [-0.3, -0.25) is 9.59 Å². The van der Waals surface area contributed by atoms with Crippen molar-refractivity contribution in [3.8, 4) is 0 Å². The van der Waals surface area contributed by atoms with Crippen molar-refractivity contribution in [1.29, 1.82) is 0 Å². The Labute approximate surface area is 148 Å². The lowest BCUT2D eigenvalue weighted by Crippen LogP contribution is -2.27. The fourth-order valence-corrected chi connectivity index (χ4v) is 3.65. The van der Waals surface area contributed by atoms with Gasteiger partial charge in [0.25, 0.3) is 5.91 Å². The van der Waals surface area contributed by atoms with Gasteiger partial charge in [-0.15, -0.1) is 0 Å². The van der Waals surface area contributed by atoms with Crippen molar-refractivity contribution in [3.63, 3.8) is 0 Å². The molecule has 0 bridgehead atoms. The molecule has 2 heterocycles. The van der Waals surface area contributed by atoms with Gasteiger partial charge >= 0.3 is 5.97 Å². The van der Waals surface area contributed by atoms with Crippen molar-refractivity contribution in [2.45, 2.75) is 45.4 Å². The fourth-order valence-electron chi connectivity index (χ4n) is 3.65. The first-order valence-corrected chi connectivity index (χ1v) is 9.13. The highest BCUT2D eigenvalue weighted by Gasteiger charge is 2.25. The Bertz CT molecular complexity index is 690. The number of rotatable bonds is 6. The average Bonchev–Trinajstić information content (AvgIpc) is 3.23. The Hall–Kier alpha value is -2.30. The number of carboxylic acids is 1. The highest BCUT2D eigenvalue weighted by atomic mass is 16.4. The Balaban J connectivity index is 1.69. The van der Waals surface area contributed by atoms with Gasteiger partial charge in [-0.25, -0.2) is 0 Å². The predicted octanol–water partition coefficient (Wildman–Crippen LogP) is 3.38. The van der Waals surface area contributed by atoms with Crippen LogP contribution in [0, 0.1) is 0 Å². The quantitative estimate of drug-likeness (QED) is 0.805. The molecule has 1 saturated heterocycles. The van der Waals surface area contributed by atoms with Crippen molar-refractivity contribution < 1.29 is 14.7 Å². The van der Waals surface area contributed by atoms with Crippen LogP contribution in [-0.2, 0) is 16.0 Å². The van der Waals surface area contributed by atoms with E-state index in [0.29, 0.717) is 12.8 Å². The molecule has 0 aromatic heterocycles. The lowest BCUT2D eigenvalue weighted by Gasteiger charge is -2.21. The van der Waals surface area contributed by atoms with E-state index in [1.807, 2.05) is 11.8 Å². The second kappa shape index (κ2) is 7.72. The molecule has 0 spiro atoms. The summed E-state index contributed by atoms with van der Waals surface area (Å²) in [6.07, 6.45) is 6.39. The zero-order valence-corrected chi connectivity index (χ0v) is 14.8. The van der Waals surface area contributed by atoms with Gasteiger partial charge in [-0.2, -0.15) is 0 Å². The number of benzene rings is 1. The summed E-state index contributed by atoms with van der Waals surface area (Å²) in [4.78, 5) is 27.5. The number of hydrogen-bond acceptors (Lipinski definition) is 3.